The van der Waals surface area contributed by atoms with Gasteiger partial charge in [0.2, 0.25) is 11.8 Å². The smallest absolute Gasteiger partial charge is 0.249 e. The van der Waals surface area contributed by atoms with Crippen LogP contribution in [-0.2, 0) is 14.3 Å². The van der Waals surface area contributed by atoms with E-state index in [-0.39, 0.29) is 24.0 Å². The largest absolute Gasteiger partial charge is 0.365 e. The van der Waals surface area contributed by atoms with E-state index in [2.05, 4.69) is 12.2 Å². The fourth-order valence-electron chi connectivity index (χ4n) is 3.30. The van der Waals surface area contributed by atoms with E-state index in [4.69, 9.17) is 4.74 Å². The van der Waals surface area contributed by atoms with Crippen molar-refractivity contribution < 1.29 is 14.3 Å². The summed E-state index contributed by atoms with van der Waals surface area (Å²) in [6.07, 6.45) is 5.60. The van der Waals surface area contributed by atoms with E-state index in [0.29, 0.717) is 25.3 Å². The SMILES string of the molecule is CC[C@H](O[C@@H]1CCC[C@H](C)C1)C(=O)N[C@@H]1CCN(C)C1=O. The molecule has 2 amide bonds. The minimum absolute atomic E-state index is 0.00416. The molecule has 2 rings (SSSR count). The Morgan fingerprint density at radius 1 is 1.43 bits per heavy atom. The maximum Gasteiger partial charge on any atom is 0.249 e. The summed E-state index contributed by atoms with van der Waals surface area (Å²) in [5.41, 5.74) is 0. The summed E-state index contributed by atoms with van der Waals surface area (Å²) < 4.78 is 6.01. The maximum atomic E-state index is 12.3. The molecular weight excluding hydrogens is 268 g/mol. The van der Waals surface area contributed by atoms with Crippen molar-refractivity contribution in [3.63, 3.8) is 0 Å². The second-order valence-corrected chi connectivity index (χ2v) is 6.54. The number of nitrogens with one attached hydrogen (secondary N) is 1. The molecule has 1 saturated carbocycles. The summed E-state index contributed by atoms with van der Waals surface area (Å²) in [4.78, 5) is 25.8. The summed E-state index contributed by atoms with van der Waals surface area (Å²) in [6, 6.07) is -0.370. The van der Waals surface area contributed by atoms with Crippen LogP contribution in [0.15, 0.2) is 0 Å². The van der Waals surface area contributed by atoms with Gasteiger partial charge in [-0.05, 0) is 31.6 Å². The fraction of sp³-hybridized carbons (Fsp3) is 0.875. The van der Waals surface area contributed by atoms with E-state index in [9.17, 15) is 9.59 Å². The molecule has 1 N–H and O–H groups in total. The molecule has 0 aromatic heterocycles. The summed E-state index contributed by atoms with van der Waals surface area (Å²) in [7, 11) is 1.77. The lowest BCUT2D eigenvalue weighted by Gasteiger charge is -2.30. The maximum absolute atomic E-state index is 12.3. The van der Waals surface area contributed by atoms with E-state index in [1.165, 1.54) is 12.8 Å². The number of amides is 2. The Morgan fingerprint density at radius 2 is 2.19 bits per heavy atom. The summed E-state index contributed by atoms with van der Waals surface area (Å²) in [5, 5.41) is 2.86. The van der Waals surface area contributed by atoms with Gasteiger partial charge >= 0.3 is 0 Å². The number of ether oxygens (including phenoxy) is 1. The van der Waals surface area contributed by atoms with Crippen molar-refractivity contribution in [3.05, 3.63) is 0 Å². The molecule has 0 bridgehead atoms. The van der Waals surface area contributed by atoms with Crippen LogP contribution in [0.5, 0.6) is 0 Å². The quantitative estimate of drug-likeness (QED) is 0.840. The van der Waals surface area contributed by atoms with Crippen molar-refractivity contribution >= 4 is 11.8 Å². The van der Waals surface area contributed by atoms with Crippen molar-refractivity contribution in [2.45, 2.75) is 70.6 Å². The third-order valence-electron chi connectivity index (χ3n) is 4.65. The minimum Gasteiger partial charge on any atom is -0.365 e. The molecule has 1 heterocycles. The Bertz CT molecular complexity index is 386. The molecule has 0 spiro atoms. The molecule has 5 nitrogen and oxygen atoms in total. The van der Waals surface area contributed by atoms with Crippen molar-refractivity contribution in [1.82, 2.24) is 10.2 Å². The third-order valence-corrected chi connectivity index (χ3v) is 4.65. The van der Waals surface area contributed by atoms with Gasteiger partial charge < -0.3 is 15.0 Å². The lowest BCUT2D eigenvalue weighted by atomic mass is 9.88. The molecule has 21 heavy (non-hydrogen) atoms. The fourth-order valence-corrected chi connectivity index (χ4v) is 3.30. The number of carbonyl (C=O) groups is 2. The Labute approximate surface area is 127 Å². The highest BCUT2D eigenvalue weighted by Gasteiger charge is 2.33. The van der Waals surface area contributed by atoms with Crippen LogP contribution < -0.4 is 5.32 Å². The average Bonchev–Trinajstić information content (AvgIpc) is 2.76. The van der Waals surface area contributed by atoms with Gasteiger partial charge in [0.25, 0.3) is 0 Å². The van der Waals surface area contributed by atoms with Gasteiger partial charge in [-0.1, -0.05) is 26.7 Å². The van der Waals surface area contributed by atoms with Gasteiger partial charge in [0, 0.05) is 13.6 Å². The molecule has 1 aliphatic heterocycles. The highest BCUT2D eigenvalue weighted by atomic mass is 16.5. The number of carbonyl (C=O) groups excluding carboxylic acids is 2. The van der Waals surface area contributed by atoms with Crippen LogP contribution in [0.4, 0.5) is 0 Å². The predicted octanol–water partition coefficient (Wildman–Crippen LogP) is 1.71. The zero-order valence-electron chi connectivity index (χ0n) is 13.4. The Balaban J connectivity index is 1.85. The van der Waals surface area contributed by atoms with Crippen LogP contribution in [0.2, 0.25) is 0 Å². The van der Waals surface area contributed by atoms with Crippen LogP contribution in [0.1, 0.15) is 52.4 Å². The molecule has 0 unspecified atom stereocenters. The number of hydrogen-bond acceptors (Lipinski definition) is 3. The van der Waals surface area contributed by atoms with E-state index < -0.39 is 6.10 Å². The molecular formula is C16H28N2O3. The highest BCUT2D eigenvalue weighted by molar-refractivity contribution is 5.90. The zero-order valence-corrected chi connectivity index (χ0v) is 13.4. The number of likely N-dealkylation sites (N-methyl/N-ethyl adjacent to an activating group) is 1. The van der Waals surface area contributed by atoms with E-state index >= 15 is 0 Å². The topological polar surface area (TPSA) is 58.6 Å². The first-order valence-electron chi connectivity index (χ1n) is 8.22. The first-order valence-corrected chi connectivity index (χ1v) is 8.22. The van der Waals surface area contributed by atoms with Crippen LogP contribution in [0.3, 0.4) is 0 Å². The second kappa shape index (κ2) is 7.25. The standard InChI is InChI=1S/C16H28N2O3/c1-4-14(21-12-7-5-6-11(2)10-12)15(19)17-13-8-9-18(3)16(13)20/h11-14H,4-10H2,1-3H3,(H,17,19)/t11-,12+,13+,14-/m0/s1. The highest BCUT2D eigenvalue weighted by Crippen LogP contribution is 2.27. The van der Waals surface area contributed by atoms with E-state index in [1.807, 2.05) is 6.92 Å². The van der Waals surface area contributed by atoms with Gasteiger partial charge in [0.05, 0.1) is 6.10 Å². The van der Waals surface area contributed by atoms with Crippen molar-refractivity contribution in [1.29, 1.82) is 0 Å². The number of nitrogens with zero attached hydrogens (tertiary/aromatic N) is 1. The zero-order chi connectivity index (χ0) is 15.4. The Hall–Kier alpha value is -1.10. The van der Waals surface area contributed by atoms with Crippen molar-refractivity contribution in [2.24, 2.45) is 5.92 Å². The minimum atomic E-state index is -0.431. The number of likely N-dealkylation sites (tertiary alicyclic amines) is 1. The summed E-state index contributed by atoms with van der Waals surface area (Å²) in [6.45, 7) is 4.91. The number of rotatable bonds is 5. The molecule has 0 aromatic rings. The molecule has 0 aromatic carbocycles. The van der Waals surface area contributed by atoms with E-state index in [0.717, 1.165) is 12.8 Å². The van der Waals surface area contributed by atoms with Crippen molar-refractivity contribution in [3.8, 4) is 0 Å². The first-order chi connectivity index (χ1) is 10.0. The van der Waals surface area contributed by atoms with Crippen LogP contribution in [0, 0.1) is 5.92 Å². The molecule has 4 atom stereocenters. The van der Waals surface area contributed by atoms with Gasteiger partial charge in [0.15, 0.2) is 0 Å². The molecule has 5 heteroatoms. The lowest BCUT2D eigenvalue weighted by Crippen LogP contribution is -2.46. The predicted molar refractivity (Wildman–Crippen MR) is 80.8 cm³/mol. The van der Waals surface area contributed by atoms with Crippen LogP contribution >= 0.6 is 0 Å². The molecule has 120 valence electrons. The van der Waals surface area contributed by atoms with Gasteiger partial charge in [-0.2, -0.15) is 0 Å². The average molecular weight is 296 g/mol. The van der Waals surface area contributed by atoms with E-state index in [1.54, 1.807) is 11.9 Å². The third kappa shape index (κ3) is 4.19. The van der Waals surface area contributed by atoms with Gasteiger partial charge in [-0.3, -0.25) is 9.59 Å². The number of hydrogen-bond donors (Lipinski definition) is 1. The monoisotopic (exact) mass is 296 g/mol. The lowest BCUT2D eigenvalue weighted by molar-refractivity contribution is -0.142. The molecule has 1 saturated heterocycles. The molecule has 2 aliphatic rings. The van der Waals surface area contributed by atoms with Gasteiger partial charge in [0.1, 0.15) is 12.1 Å². The Kier molecular flexibility index (Phi) is 5.62. The van der Waals surface area contributed by atoms with Gasteiger partial charge in [-0.25, -0.2) is 0 Å². The van der Waals surface area contributed by atoms with Crippen LogP contribution in [-0.4, -0.2) is 48.6 Å². The van der Waals surface area contributed by atoms with Crippen molar-refractivity contribution in [2.75, 3.05) is 13.6 Å². The van der Waals surface area contributed by atoms with Crippen LogP contribution in [0.25, 0.3) is 0 Å². The first kappa shape index (κ1) is 16.3. The molecule has 2 fully saturated rings. The summed E-state index contributed by atoms with van der Waals surface area (Å²) in [5.74, 6) is 0.545. The summed E-state index contributed by atoms with van der Waals surface area (Å²) >= 11 is 0. The second-order valence-electron chi connectivity index (χ2n) is 6.54. The Morgan fingerprint density at radius 3 is 2.76 bits per heavy atom. The molecule has 0 radical (unpaired) electrons. The molecule has 1 aliphatic carbocycles. The normalized spacial score (nSPS) is 31.3. The van der Waals surface area contributed by atoms with Gasteiger partial charge in [-0.15, -0.1) is 0 Å².